The standard InChI is InChI=1S/C36H47I5N6O15.C16H20I3N3O7.I3.I2/c1-14-22(33(59)42-4-17(54)10-48)26(37)23(34(60)43-5-18(55)11-49)28(39)31(14)46(15(2)52)8-21(58)9-47(16(3)53)32-29(40)24(35(61)44-6-19(56)12-50)27(38)25(30(32)41)36(62)45-7-20(57)13-51;1-6(25)22-14-12(18)9(15(28)20-2-7(26)4-23)11(17)10(13(14)19)16(29)21-3-8(27)5-24;1-3-2;1-2/h17-21,48-51,54-58H,4-13H2,1-3H3,(H,42,59)(H,43,60)(H,44,61)(H,45,62);7-8,23-24,26-27H,2-5H2,1H3,(H,20,28)(H,21,29)(H,22,25);;/q;;-1;. The van der Waals surface area contributed by atoms with Crippen LogP contribution in [0.4, 0.5) is 17.1 Å². The van der Waals surface area contributed by atoms with Crippen molar-refractivity contribution in [2.45, 2.75) is 70.4 Å². The van der Waals surface area contributed by atoms with Crippen LogP contribution in [0.5, 0.6) is 0 Å². The molecule has 7 unspecified atom stereocenters. The number of amides is 9. The van der Waals surface area contributed by atoms with Crippen LogP contribution in [0.15, 0.2) is 0 Å². The first-order chi connectivity index (χ1) is 45.0. The molecule has 0 fully saturated rings. The fourth-order valence-electron chi connectivity index (χ4n) is 7.63. The quantitative estimate of drug-likeness (QED) is 0.0319. The summed E-state index contributed by atoms with van der Waals surface area (Å²) in [4.78, 5) is 121. The molecule has 0 bridgehead atoms. The van der Waals surface area contributed by atoms with Gasteiger partial charge in [0.25, 0.3) is 35.4 Å². The van der Waals surface area contributed by atoms with E-state index in [9.17, 15) is 99.3 Å². The molecular formula is C52H67I13N9O22-. The Hall–Kier alpha value is 1.86. The fourth-order valence-corrected chi connectivity index (χ4v) is 19.7. The van der Waals surface area contributed by atoms with Crippen molar-refractivity contribution in [1.82, 2.24) is 31.9 Å². The molecule has 20 N–H and O–H groups in total. The third kappa shape index (κ3) is 30.6. The second kappa shape index (κ2) is 51.2. The fraction of sp³-hybridized carbons (Fsp3) is 0.481. The summed E-state index contributed by atoms with van der Waals surface area (Å²) in [6.07, 6.45) is -9.23. The molecule has 0 saturated carbocycles. The van der Waals surface area contributed by atoms with E-state index in [-0.39, 0.29) is 113 Å². The van der Waals surface area contributed by atoms with Crippen LogP contribution in [0.1, 0.15) is 88.5 Å². The van der Waals surface area contributed by atoms with Gasteiger partial charge in [-0.1, -0.05) is 0 Å². The van der Waals surface area contributed by atoms with Crippen LogP contribution in [0.3, 0.4) is 0 Å². The number of hydrogen-bond donors (Lipinski definition) is 20. The maximum absolute atomic E-state index is 13.6. The summed E-state index contributed by atoms with van der Waals surface area (Å²) >= 11 is 24.0. The van der Waals surface area contributed by atoms with Crippen molar-refractivity contribution in [2.24, 2.45) is 0 Å². The zero-order chi connectivity index (χ0) is 74.3. The Bertz CT molecular complexity index is 2890. The molecule has 0 aromatic heterocycles. The van der Waals surface area contributed by atoms with Gasteiger partial charge in [-0.2, -0.15) is 0 Å². The minimum absolute atomic E-state index is 0.000807. The first-order valence-electron chi connectivity index (χ1n) is 26.8. The number of carbonyl (C=O) groups excluding carboxylic acids is 9. The monoisotopic (exact) mass is 2820 g/mol. The van der Waals surface area contributed by atoms with Crippen molar-refractivity contribution in [2.75, 3.05) is 107 Å². The Labute approximate surface area is 713 Å². The molecule has 0 spiro atoms. The predicted molar refractivity (Wildman–Crippen MR) is 451 cm³/mol. The number of nitrogens with zero attached hydrogens (tertiary/aromatic N) is 2. The zero-order valence-corrected chi connectivity index (χ0v) is 78.3. The van der Waals surface area contributed by atoms with Gasteiger partial charge in [0.1, 0.15) is 0 Å². The van der Waals surface area contributed by atoms with E-state index in [0.29, 0.717) is 24.0 Å². The molecule has 544 valence electrons. The van der Waals surface area contributed by atoms with Gasteiger partial charge in [-0.05, 0) is 193 Å². The minimum atomic E-state index is -1.62. The van der Waals surface area contributed by atoms with E-state index >= 15 is 0 Å². The number of nitrogens with one attached hydrogen (secondary N) is 7. The Kier molecular flexibility index (Phi) is 52.2. The summed E-state index contributed by atoms with van der Waals surface area (Å²) < 4.78 is 1.67. The first kappa shape index (κ1) is 97.9. The van der Waals surface area contributed by atoms with Crippen molar-refractivity contribution in [3.63, 3.8) is 0 Å². The van der Waals surface area contributed by atoms with Crippen molar-refractivity contribution in [3.05, 3.63) is 67.5 Å². The van der Waals surface area contributed by atoms with Crippen LogP contribution in [0.2, 0.25) is 0 Å². The summed E-state index contributed by atoms with van der Waals surface area (Å²) in [5.41, 5.74) is 0.185. The van der Waals surface area contributed by atoms with Gasteiger partial charge in [0.05, 0.1) is 164 Å². The second-order valence-corrected chi connectivity index (χ2v) is 44.3. The molecule has 7 atom stereocenters. The van der Waals surface area contributed by atoms with Crippen LogP contribution in [-0.4, -0.2) is 254 Å². The number of hydrogen-bond acceptors (Lipinski definition) is 22. The Morgan fingerprint density at radius 1 is 0.365 bits per heavy atom. The van der Waals surface area contributed by atoms with Gasteiger partial charge in [0.15, 0.2) is 0 Å². The van der Waals surface area contributed by atoms with E-state index < -0.39 is 149 Å². The number of halogens is 13. The molecule has 9 amide bonds. The Balaban J connectivity index is 0.00000220. The van der Waals surface area contributed by atoms with Gasteiger partial charge < -0.3 is 113 Å². The number of anilines is 3. The third-order valence-electron chi connectivity index (χ3n) is 12.2. The van der Waals surface area contributed by atoms with E-state index in [1.54, 1.807) is 113 Å². The van der Waals surface area contributed by atoms with Crippen LogP contribution < -0.4 is 60.3 Å². The van der Waals surface area contributed by atoms with Crippen molar-refractivity contribution in [3.8, 4) is 0 Å². The molecule has 96 heavy (non-hydrogen) atoms. The predicted octanol–water partition coefficient (Wildman–Crippen LogP) is -1.71. The average molecular weight is 2820 g/mol. The summed E-state index contributed by atoms with van der Waals surface area (Å²) in [7, 11) is 0. The molecule has 3 aromatic carbocycles. The summed E-state index contributed by atoms with van der Waals surface area (Å²) in [5.74, 6) is -6.18. The van der Waals surface area contributed by atoms with Crippen LogP contribution >= 0.6 is 255 Å². The van der Waals surface area contributed by atoms with Crippen molar-refractivity contribution in [1.29, 1.82) is 0 Å². The van der Waals surface area contributed by atoms with Crippen LogP contribution in [0, 0.1) is 35.5 Å². The maximum atomic E-state index is 13.6. The molecule has 0 heterocycles. The van der Waals surface area contributed by atoms with Gasteiger partial charge in [0, 0.05) is 108 Å². The third-order valence-corrected chi connectivity index (χ3v) is 20.8. The molecule has 0 aliphatic heterocycles. The molecule has 0 saturated heterocycles. The molecule has 0 aliphatic carbocycles. The number of aliphatic hydroxyl groups is 13. The first-order valence-corrected chi connectivity index (χ1v) is 54.3. The van der Waals surface area contributed by atoms with Gasteiger partial charge in [-0.3, -0.25) is 43.2 Å². The number of aliphatic hydroxyl groups excluding tert-OH is 13. The molecular weight excluding hydrogens is 2750 g/mol. The topological polar surface area (TPSA) is 507 Å². The van der Waals surface area contributed by atoms with E-state index in [0.717, 1.165) is 23.6 Å². The van der Waals surface area contributed by atoms with Gasteiger partial charge in [-0.15, -0.1) is 0 Å². The normalized spacial score (nSPS) is 13.0. The van der Waals surface area contributed by atoms with E-state index in [2.05, 4.69) is 112 Å². The van der Waals surface area contributed by atoms with E-state index in [4.69, 9.17) is 10.2 Å². The molecule has 31 nitrogen and oxygen atoms in total. The van der Waals surface area contributed by atoms with E-state index in [1.807, 2.05) is 67.8 Å². The Morgan fingerprint density at radius 3 is 0.802 bits per heavy atom. The van der Waals surface area contributed by atoms with Crippen LogP contribution in [0.25, 0.3) is 0 Å². The van der Waals surface area contributed by atoms with Crippen molar-refractivity contribution >= 4 is 325 Å². The van der Waals surface area contributed by atoms with E-state index in [1.165, 1.54) is 13.8 Å². The van der Waals surface area contributed by atoms with Crippen LogP contribution in [-0.2, 0) is 14.4 Å². The number of benzene rings is 3. The molecule has 3 rings (SSSR count). The molecule has 0 aliphatic rings. The number of rotatable bonds is 31. The van der Waals surface area contributed by atoms with Crippen molar-refractivity contribution < 1.29 is 123 Å². The summed E-state index contributed by atoms with van der Waals surface area (Å²) in [5, 5.41) is 143. The SMILES string of the molecule is CC(=O)N(CC(O)CN(C(C)=O)c1c(I)c(C(=O)NCC(O)CO)c(I)c(C(=O)NCC(O)CO)c1I)c1c(C)c(C(=O)NCC(O)CO)c(I)c(C(=O)NCC(O)CO)c1I.CC(=O)Nc1c(I)c(C(=O)NCC(O)CO)c(I)c(C(=O)NCC(O)CO)c1I.II.I[I-]I. The van der Waals surface area contributed by atoms with Gasteiger partial charge >= 0.3 is 50.5 Å². The second-order valence-electron chi connectivity index (χ2n) is 19.4. The average Bonchev–Trinajstić information content (AvgIpc) is 0.784. The molecule has 3 aromatic rings. The van der Waals surface area contributed by atoms with Gasteiger partial charge in [-0.25, -0.2) is 0 Å². The number of carbonyl (C=O) groups is 9. The summed E-state index contributed by atoms with van der Waals surface area (Å²) in [6, 6.07) is 0. The molecule has 0 radical (unpaired) electrons. The Morgan fingerprint density at radius 2 is 0.573 bits per heavy atom. The van der Waals surface area contributed by atoms with Gasteiger partial charge in [0.2, 0.25) is 17.7 Å². The molecule has 44 heteroatoms. The zero-order valence-electron chi connectivity index (χ0n) is 50.2. The summed E-state index contributed by atoms with van der Waals surface area (Å²) in [6.45, 7) is -1.76.